The molecule has 1 fully saturated rings. The quantitative estimate of drug-likeness (QED) is 0.476. The second-order valence-electron chi connectivity index (χ2n) is 8.36. The smallest absolute Gasteiger partial charge is 0.410 e. The van der Waals surface area contributed by atoms with Gasteiger partial charge < -0.3 is 25.2 Å². The first-order valence-electron chi connectivity index (χ1n) is 9.95. The number of aliphatic imine (C=N–C) groups is 1. The van der Waals surface area contributed by atoms with Crippen LogP contribution in [0.4, 0.5) is 10.5 Å². The van der Waals surface area contributed by atoms with E-state index in [4.69, 9.17) is 10.5 Å². The minimum atomic E-state index is -0.471. The van der Waals surface area contributed by atoms with Gasteiger partial charge in [-0.1, -0.05) is 12.1 Å². The van der Waals surface area contributed by atoms with Gasteiger partial charge in [0.1, 0.15) is 5.60 Å². The molecule has 0 atom stereocenters. The summed E-state index contributed by atoms with van der Waals surface area (Å²) >= 11 is 0. The van der Waals surface area contributed by atoms with E-state index < -0.39 is 5.60 Å². The molecule has 2 rings (SSSR count). The largest absolute Gasteiger partial charge is 0.444 e. The van der Waals surface area contributed by atoms with Crippen molar-refractivity contribution in [3.8, 4) is 0 Å². The molecule has 1 heterocycles. The Morgan fingerprint density at radius 1 is 1.11 bits per heavy atom. The zero-order valence-corrected chi connectivity index (χ0v) is 17.9. The molecule has 0 radical (unpaired) electrons. The van der Waals surface area contributed by atoms with E-state index in [-0.39, 0.29) is 6.09 Å². The van der Waals surface area contributed by atoms with E-state index in [0.29, 0.717) is 38.7 Å². The Balaban J connectivity index is 1.72. The lowest BCUT2D eigenvalue weighted by Crippen LogP contribution is -2.53. The standard InChI is InChI=1S/C21H35N5O2/c1-21(2,3)28-20(27)26-15-13-25(14-16-26)19(22)23-12-6-7-17-8-10-18(11-9-17)24(4)5/h8-11H,6-7,12-16H2,1-5H3,(H2,22,23). The molecule has 0 aromatic heterocycles. The lowest BCUT2D eigenvalue weighted by molar-refractivity contribution is 0.0186. The average Bonchev–Trinajstić information content (AvgIpc) is 2.64. The Kier molecular flexibility index (Phi) is 7.54. The Labute approximate surface area is 169 Å². The van der Waals surface area contributed by atoms with Crippen molar-refractivity contribution in [1.82, 2.24) is 9.80 Å². The number of rotatable bonds is 5. The Bertz CT molecular complexity index is 656. The number of benzene rings is 1. The fourth-order valence-electron chi connectivity index (χ4n) is 2.98. The molecule has 0 aliphatic carbocycles. The number of nitrogens with two attached hydrogens (primary N) is 1. The molecule has 1 saturated heterocycles. The van der Waals surface area contributed by atoms with Crippen molar-refractivity contribution in [1.29, 1.82) is 0 Å². The fourth-order valence-corrected chi connectivity index (χ4v) is 2.98. The number of nitrogens with zero attached hydrogens (tertiary/aromatic N) is 4. The number of hydrogen-bond acceptors (Lipinski definition) is 4. The summed E-state index contributed by atoms with van der Waals surface area (Å²) in [6.45, 7) is 8.90. The summed E-state index contributed by atoms with van der Waals surface area (Å²) in [6.07, 6.45) is 1.68. The zero-order valence-electron chi connectivity index (χ0n) is 17.9. The minimum absolute atomic E-state index is 0.261. The molecule has 2 N–H and O–H groups in total. The molecule has 7 nitrogen and oxygen atoms in total. The van der Waals surface area contributed by atoms with E-state index >= 15 is 0 Å². The van der Waals surface area contributed by atoms with Crippen molar-refractivity contribution in [2.24, 2.45) is 10.7 Å². The van der Waals surface area contributed by atoms with Gasteiger partial charge in [-0.2, -0.15) is 0 Å². The average molecular weight is 390 g/mol. The summed E-state index contributed by atoms with van der Waals surface area (Å²) in [7, 11) is 4.08. The molecule has 0 bridgehead atoms. The maximum atomic E-state index is 12.1. The number of carbonyl (C=O) groups is 1. The summed E-state index contributed by atoms with van der Waals surface area (Å²) < 4.78 is 5.42. The molecule has 28 heavy (non-hydrogen) atoms. The lowest BCUT2D eigenvalue weighted by atomic mass is 10.1. The Morgan fingerprint density at radius 2 is 1.68 bits per heavy atom. The van der Waals surface area contributed by atoms with Gasteiger partial charge in [-0.15, -0.1) is 0 Å². The van der Waals surface area contributed by atoms with Gasteiger partial charge in [0.15, 0.2) is 5.96 Å². The van der Waals surface area contributed by atoms with Gasteiger partial charge in [0.05, 0.1) is 0 Å². The SMILES string of the molecule is CN(C)c1ccc(CCCN=C(N)N2CCN(C(=O)OC(C)(C)C)CC2)cc1. The molecule has 0 saturated carbocycles. The van der Waals surface area contributed by atoms with Crippen molar-refractivity contribution < 1.29 is 9.53 Å². The Morgan fingerprint density at radius 3 is 2.21 bits per heavy atom. The monoisotopic (exact) mass is 389 g/mol. The van der Waals surface area contributed by atoms with E-state index in [1.165, 1.54) is 11.3 Å². The summed E-state index contributed by atoms with van der Waals surface area (Å²) in [5, 5.41) is 0. The third kappa shape index (κ3) is 6.94. The van der Waals surface area contributed by atoms with Crippen LogP contribution in [0.1, 0.15) is 32.8 Å². The van der Waals surface area contributed by atoms with Gasteiger partial charge in [-0.3, -0.25) is 4.99 Å². The number of ether oxygens (including phenoxy) is 1. The normalized spacial score (nSPS) is 15.5. The first kappa shape index (κ1) is 21.9. The number of carbonyl (C=O) groups excluding carboxylic acids is 1. The van der Waals surface area contributed by atoms with Crippen molar-refractivity contribution >= 4 is 17.7 Å². The van der Waals surface area contributed by atoms with Crippen molar-refractivity contribution in [2.45, 2.75) is 39.2 Å². The van der Waals surface area contributed by atoms with Crippen LogP contribution in [0.2, 0.25) is 0 Å². The number of anilines is 1. The summed E-state index contributed by atoms with van der Waals surface area (Å²) in [6, 6.07) is 8.60. The van der Waals surface area contributed by atoms with Crippen LogP contribution in [-0.4, -0.2) is 74.3 Å². The number of hydrogen-bond donors (Lipinski definition) is 1. The topological polar surface area (TPSA) is 74.4 Å². The van der Waals surface area contributed by atoms with Crippen molar-refractivity contribution in [3.63, 3.8) is 0 Å². The third-order valence-corrected chi connectivity index (χ3v) is 4.61. The highest BCUT2D eigenvalue weighted by atomic mass is 16.6. The van der Waals surface area contributed by atoms with Gasteiger partial charge in [0.2, 0.25) is 0 Å². The summed E-state index contributed by atoms with van der Waals surface area (Å²) in [4.78, 5) is 22.5. The highest BCUT2D eigenvalue weighted by molar-refractivity contribution is 5.78. The maximum absolute atomic E-state index is 12.1. The van der Waals surface area contributed by atoms with Crippen molar-refractivity contribution in [3.05, 3.63) is 29.8 Å². The van der Waals surface area contributed by atoms with Gasteiger partial charge in [-0.05, 0) is 51.3 Å². The van der Waals surface area contributed by atoms with E-state index in [1.807, 2.05) is 39.8 Å². The molecule has 1 aliphatic heterocycles. The van der Waals surface area contributed by atoms with Gasteiger partial charge in [0, 0.05) is 52.5 Å². The second kappa shape index (κ2) is 9.66. The molecule has 0 unspecified atom stereocenters. The molecule has 1 aromatic rings. The minimum Gasteiger partial charge on any atom is -0.444 e. The first-order valence-corrected chi connectivity index (χ1v) is 9.95. The molecule has 1 amide bonds. The predicted octanol–water partition coefficient (Wildman–Crippen LogP) is 2.55. The number of piperazine rings is 1. The zero-order chi connectivity index (χ0) is 20.7. The molecular formula is C21H35N5O2. The predicted molar refractivity (Wildman–Crippen MR) is 115 cm³/mol. The molecular weight excluding hydrogens is 354 g/mol. The highest BCUT2D eigenvalue weighted by Crippen LogP contribution is 2.14. The summed E-state index contributed by atoms with van der Waals surface area (Å²) in [5.74, 6) is 0.562. The highest BCUT2D eigenvalue weighted by Gasteiger charge is 2.26. The molecule has 1 aliphatic rings. The van der Waals surface area contributed by atoms with E-state index in [2.05, 4.69) is 34.2 Å². The van der Waals surface area contributed by atoms with Crippen LogP contribution >= 0.6 is 0 Å². The fraction of sp³-hybridized carbons (Fsp3) is 0.619. The van der Waals surface area contributed by atoms with Crippen molar-refractivity contribution in [2.75, 3.05) is 51.7 Å². The molecule has 156 valence electrons. The second-order valence-corrected chi connectivity index (χ2v) is 8.36. The van der Waals surface area contributed by atoms with Crippen LogP contribution in [0.15, 0.2) is 29.3 Å². The summed E-state index contributed by atoms with van der Waals surface area (Å²) in [5.41, 5.74) is 8.18. The molecule has 1 aromatic carbocycles. The maximum Gasteiger partial charge on any atom is 0.410 e. The van der Waals surface area contributed by atoms with Gasteiger partial charge >= 0.3 is 6.09 Å². The molecule has 7 heteroatoms. The van der Waals surface area contributed by atoms with Crippen LogP contribution in [0.5, 0.6) is 0 Å². The number of amides is 1. The van der Waals surface area contributed by atoms with Crippen LogP contribution < -0.4 is 10.6 Å². The third-order valence-electron chi connectivity index (χ3n) is 4.61. The number of guanidine groups is 1. The van der Waals surface area contributed by atoms with E-state index in [9.17, 15) is 4.79 Å². The van der Waals surface area contributed by atoms with E-state index in [0.717, 1.165) is 12.8 Å². The first-order chi connectivity index (χ1) is 13.2. The number of aryl methyl sites for hydroxylation is 1. The van der Waals surface area contributed by atoms with Crippen LogP contribution in [0.3, 0.4) is 0 Å². The Hall–Kier alpha value is -2.44. The molecule has 0 spiro atoms. The van der Waals surface area contributed by atoms with Crippen LogP contribution in [0.25, 0.3) is 0 Å². The van der Waals surface area contributed by atoms with E-state index in [1.54, 1.807) is 4.90 Å². The van der Waals surface area contributed by atoms with Crippen LogP contribution in [-0.2, 0) is 11.2 Å². The lowest BCUT2D eigenvalue weighted by Gasteiger charge is -2.36. The van der Waals surface area contributed by atoms with Gasteiger partial charge in [0.25, 0.3) is 0 Å². The van der Waals surface area contributed by atoms with Gasteiger partial charge in [-0.25, -0.2) is 4.79 Å². The van der Waals surface area contributed by atoms with Crippen LogP contribution in [0, 0.1) is 0 Å².